The SMILES string of the molecule is O=C(O)[C@@H]1CCCN1.c1cnc2[nH]ccc2c1. The summed E-state index contributed by atoms with van der Waals surface area (Å²) in [7, 11) is 0. The Morgan fingerprint density at radius 1 is 1.47 bits per heavy atom. The number of carbonyl (C=O) groups is 1. The molecule has 0 radical (unpaired) electrons. The third-order valence-corrected chi connectivity index (χ3v) is 2.68. The summed E-state index contributed by atoms with van der Waals surface area (Å²) in [5.41, 5.74) is 0.956. The molecule has 3 rings (SSSR count). The van der Waals surface area contributed by atoms with Crippen LogP contribution in [0.2, 0.25) is 0 Å². The maximum absolute atomic E-state index is 10.1. The van der Waals surface area contributed by atoms with Crippen LogP contribution in [0.5, 0.6) is 0 Å². The largest absolute Gasteiger partial charge is 0.480 e. The molecule has 0 aliphatic carbocycles. The molecule has 2 aromatic rings. The molecule has 2 aromatic heterocycles. The number of hydrogen-bond donors (Lipinski definition) is 3. The summed E-state index contributed by atoms with van der Waals surface area (Å²) in [4.78, 5) is 17.2. The van der Waals surface area contributed by atoms with Gasteiger partial charge in [0.15, 0.2) is 0 Å². The van der Waals surface area contributed by atoms with Crippen molar-refractivity contribution < 1.29 is 9.90 Å². The molecule has 0 bridgehead atoms. The normalized spacial score (nSPS) is 18.7. The molecule has 0 spiro atoms. The van der Waals surface area contributed by atoms with E-state index in [1.165, 1.54) is 0 Å². The number of aromatic amines is 1. The topological polar surface area (TPSA) is 78.0 Å². The van der Waals surface area contributed by atoms with Crippen LogP contribution in [0.1, 0.15) is 12.8 Å². The summed E-state index contributed by atoms with van der Waals surface area (Å²) in [5, 5.41) is 12.4. The third kappa shape index (κ3) is 3.04. The fourth-order valence-corrected chi connectivity index (χ4v) is 1.78. The van der Waals surface area contributed by atoms with Gasteiger partial charge in [-0.3, -0.25) is 4.79 Å². The molecule has 1 aliphatic rings. The summed E-state index contributed by atoms with van der Waals surface area (Å²) in [6.45, 7) is 0.858. The predicted molar refractivity (Wildman–Crippen MR) is 64.8 cm³/mol. The van der Waals surface area contributed by atoms with Crippen LogP contribution in [0.3, 0.4) is 0 Å². The van der Waals surface area contributed by atoms with Crippen molar-refractivity contribution >= 4 is 17.0 Å². The van der Waals surface area contributed by atoms with Gasteiger partial charge in [-0.2, -0.15) is 0 Å². The van der Waals surface area contributed by atoms with Crippen LogP contribution in [-0.2, 0) is 4.79 Å². The average Bonchev–Trinajstić information content (AvgIpc) is 3.01. The molecular formula is C12H15N3O2. The van der Waals surface area contributed by atoms with Gasteiger partial charge >= 0.3 is 5.97 Å². The van der Waals surface area contributed by atoms with E-state index in [-0.39, 0.29) is 6.04 Å². The van der Waals surface area contributed by atoms with Crippen molar-refractivity contribution in [3.05, 3.63) is 30.6 Å². The zero-order chi connectivity index (χ0) is 12.1. The highest BCUT2D eigenvalue weighted by molar-refractivity contribution is 5.74. The van der Waals surface area contributed by atoms with Gasteiger partial charge in [0.05, 0.1) is 0 Å². The Labute approximate surface area is 98.9 Å². The van der Waals surface area contributed by atoms with E-state index >= 15 is 0 Å². The minimum Gasteiger partial charge on any atom is -0.480 e. The number of hydrogen-bond acceptors (Lipinski definition) is 3. The molecule has 3 N–H and O–H groups in total. The summed E-state index contributed by atoms with van der Waals surface area (Å²) >= 11 is 0. The van der Waals surface area contributed by atoms with Crippen molar-refractivity contribution in [2.45, 2.75) is 18.9 Å². The van der Waals surface area contributed by atoms with Crippen LogP contribution in [0.25, 0.3) is 11.0 Å². The highest BCUT2D eigenvalue weighted by atomic mass is 16.4. The van der Waals surface area contributed by atoms with Crippen molar-refractivity contribution in [1.82, 2.24) is 15.3 Å². The smallest absolute Gasteiger partial charge is 0.320 e. The molecule has 0 unspecified atom stereocenters. The molecular weight excluding hydrogens is 218 g/mol. The third-order valence-electron chi connectivity index (χ3n) is 2.68. The number of carboxylic acids is 1. The van der Waals surface area contributed by atoms with Crippen molar-refractivity contribution in [2.75, 3.05) is 6.54 Å². The Morgan fingerprint density at radius 2 is 2.35 bits per heavy atom. The quantitative estimate of drug-likeness (QED) is 0.695. The monoisotopic (exact) mass is 233 g/mol. The summed E-state index contributed by atoms with van der Waals surface area (Å²) in [6.07, 6.45) is 5.45. The predicted octanol–water partition coefficient (Wildman–Crippen LogP) is 1.39. The molecule has 1 fully saturated rings. The molecule has 0 saturated carbocycles. The number of pyridine rings is 1. The second-order valence-corrected chi connectivity index (χ2v) is 3.91. The molecule has 0 amide bonds. The summed E-state index contributed by atoms with van der Waals surface area (Å²) in [5.74, 6) is -0.720. The lowest BCUT2D eigenvalue weighted by Crippen LogP contribution is -2.29. The van der Waals surface area contributed by atoms with Crippen LogP contribution in [0, 0.1) is 0 Å². The first-order valence-electron chi connectivity index (χ1n) is 5.61. The van der Waals surface area contributed by atoms with Gasteiger partial charge < -0.3 is 15.4 Å². The summed E-state index contributed by atoms with van der Waals surface area (Å²) < 4.78 is 0. The van der Waals surface area contributed by atoms with Crippen molar-refractivity contribution in [3.8, 4) is 0 Å². The summed E-state index contributed by atoms with van der Waals surface area (Å²) in [6, 6.07) is 5.69. The highest BCUT2D eigenvalue weighted by Crippen LogP contribution is 2.05. The Morgan fingerprint density at radius 3 is 2.94 bits per heavy atom. The van der Waals surface area contributed by atoms with Gasteiger partial charge in [-0.15, -0.1) is 0 Å². The van der Waals surface area contributed by atoms with Gasteiger partial charge in [-0.05, 0) is 37.6 Å². The molecule has 0 aromatic carbocycles. The fourth-order valence-electron chi connectivity index (χ4n) is 1.78. The van der Waals surface area contributed by atoms with E-state index in [2.05, 4.69) is 15.3 Å². The van der Waals surface area contributed by atoms with Crippen LogP contribution in [0.15, 0.2) is 30.6 Å². The van der Waals surface area contributed by atoms with Crippen molar-refractivity contribution in [2.24, 2.45) is 0 Å². The van der Waals surface area contributed by atoms with Crippen LogP contribution < -0.4 is 5.32 Å². The maximum Gasteiger partial charge on any atom is 0.320 e. The molecule has 5 heteroatoms. The van der Waals surface area contributed by atoms with E-state index in [9.17, 15) is 4.79 Å². The Bertz CT molecular complexity index is 459. The number of aromatic nitrogens is 2. The van der Waals surface area contributed by atoms with Gasteiger partial charge in [0, 0.05) is 17.8 Å². The fraction of sp³-hybridized carbons (Fsp3) is 0.333. The van der Waals surface area contributed by atoms with Crippen molar-refractivity contribution in [3.63, 3.8) is 0 Å². The highest BCUT2D eigenvalue weighted by Gasteiger charge is 2.20. The maximum atomic E-state index is 10.1. The molecule has 1 saturated heterocycles. The molecule has 1 atom stereocenters. The number of nitrogens with zero attached hydrogens (tertiary/aromatic N) is 1. The Balaban J connectivity index is 0.000000128. The van der Waals surface area contributed by atoms with Gasteiger partial charge in [-0.1, -0.05) is 0 Å². The van der Waals surface area contributed by atoms with Gasteiger partial charge in [-0.25, -0.2) is 4.98 Å². The Hall–Kier alpha value is -1.88. The molecule has 3 heterocycles. The lowest BCUT2D eigenvalue weighted by molar-refractivity contribution is -0.139. The minimum atomic E-state index is -0.720. The van der Waals surface area contributed by atoms with Crippen LogP contribution in [0.4, 0.5) is 0 Å². The van der Waals surface area contributed by atoms with Crippen LogP contribution in [-0.4, -0.2) is 33.6 Å². The lowest BCUT2D eigenvalue weighted by atomic mass is 10.2. The number of nitrogens with one attached hydrogen (secondary N) is 2. The molecule has 1 aliphatic heterocycles. The number of carboxylic acid groups (broad SMARTS) is 1. The lowest BCUT2D eigenvalue weighted by Gasteiger charge is -1.99. The van der Waals surface area contributed by atoms with Crippen LogP contribution >= 0.6 is 0 Å². The minimum absolute atomic E-state index is 0.269. The first kappa shape index (κ1) is 11.6. The second kappa shape index (κ2) is 5.45. The standard InChI is InChI=1S/C7H6N2.C5H9NO2/c1-2-6-3-5-9-7(6)8-4-1;7-5(8)4-2-1-3-6-4/h1-5H,(H,8,9);4,6H,1-3H2,(H,7,8)/t;4-/m.0/s1. The van der Waals surface area contributed by atoms with E-state index in [0.717, 1.165) is 30.4 Å². The first-order chi connectivity index (χ1) is 8.27. The van der Waals surface area contributed by atoms with E-state index in [1.54, 1.807) is 6.20 Å². The van der Waals surface area contributed by atoms with E-state index in [0.29, 0.717) is 0 Å². The molecule has 5 nitrogen and oxygen atoms in total. The number of rotatable bonds is 1. The van der Waals surface area contributed by atoms with Gasteiger partial charge in [0.1, 0.15) is 11.7 Å². The van der Waals surface area contributed by atoms with Gasteiger partial charge in [0.2, 0.25) is 0 Å². The number of aliphatic carboxylic acids is 1. The Kier molecular flexibility index (Phi) is 3.72. The van der Waals surface area contributed by atoms with Gasteiger partial charge in [0.25, 0.3) is 0 Å². The first-order valence-corrected chi connectivity index (χ1v) is 5.61. The zero-order valence-electron chi connectivity index (χ0n) is 9.39. The number of H-pyrrole nitrogens is 1. The molecule has 90 valence electrons. The average molecular weight is 233 g/mol. The van der Waals surface area contributed by atoms with E-state index < -0.39 is 5.97 Å². The second-order valence-electron chi connectivity index (χ2n) is 3.91. The van der Waals surface area contributed by atoms with Crippen molar-refractivity contribution in [1.29, 1.82) is 0 Å². The molecule has 17 heavy (non-hydrogen) atoms. The number of fused-ring (bicyclic) bond motifs is 1. The van der Waals surface area contributed by atoms with E-state index in [4.69, 9.17) is 5.11 Å². The zero-order valence-corrected chi connectivity index (χ0v) is 9.39. The van der Waals surface area contributed by atoms with E-state index in [1.807, 2.05) is 24.4 Å².